The molecule has 2 heterocycles. The molecule has 0 bridgehead atoms. The predicted molar refractivity (Wildman–Crippen MR) is 293 cm³/mol. The van der Waals surface area contributed by atoms with Crippen molar-refractivity contribution in [1.29, 1.82) is 0 Å². The minimum atomic E-state index is -4.23. The third kappa shape index (κ3) is 15.7. The first-order chi connectivity index (χ1) is 35.1. The smallest absolute Gasteiger partial charge is 0.293 e. The Kier molecular flexibility index (Phi) is 19.5. The van der Waals surface area contributed by atoms with E-state index in [1.807, 2.05) is 96.5 Å². The number of nitrogens with one attached hydrogen (secondary N) is 3. The van der Waals surface area contributed by atoms with Gasteiger partial charge < -0.3 is 40.1 Å². The van der Waals surface area contributed by atoms with E-state index in [-0.39, 0.29) is 46.9 Å². The number of carbonyl (C=O) groups is 1. The summed E-state index contributed by atoms with van der Waals surface area (Å²) < 4.78 is 31.7. The number of rotatable bonds is 23. The maximum Gasteiger partial charge on any atom is 0.293 e. The fourth-order valence-electron chi connectivity index (χ4n) is 8.38. The molecule has 5 N–H and O–H groups in total. The number of halogens is 1. The van der Waals surface area contributed by atoms with Crippen LogP contribution >= 0.6 is 23.4 Å². The molecule has 7 rings (SSSR count). The standard InChI is InChI=1S/C55H63ClN8O7S2/c1-60(2)29-25-46(39-72-48-11-5-4-6-12-48)58-51-24-23-49(36-52(51)64(68)69)73(70,71)59-45-21-15-40(16-22-45)13-14-41-9-7-10-43(35-41)53-50(42-17-19-44(56)20-18-42)37-63(30-26-47(66)38-65)54(53)55(67)57-27-8-28-62-33-31-61(3)32-34-62/h4-7,9-12,15-24,35-37,46-47,58-59,65-66H,8,25-34,38-39H2,1-3H3,(H,57,67)/t46?,47-/m0/s1. The molecule has 1 amide bonds. The van der Waals surface area contributed by atoms with Crippen molar-refractivity contribution in [3.8, 4) is 34.1 Å². The Morgan fingerprint density at radius 2 is 1.60 bits per heavy atom. The highest BCUT2D eigenvalue weighted by Gasteiger charge is 2.26. The van der Waals surface area contributed by atoms with Gasteiger partial charge in [0.05, 0.1) is 22.5 Å². The van der Waals surface area contributed by atoms with Gasteiger partial charge >= 0.3 is 0 Å². The molecular formula is C55H63ClN8O7S2. The largest absolute Gasteiger partial charge is 0.394 e. The van der Waals surface area contributed by atoms with Crippen molar-refractivity contribution in [2.75, 3.05) is 89.4 Å². The number of aryl methyl sites for hydroxylation is 1. The molecule has 0 aliphatic carbocycles. The van der Waals surface area contributed by atoms with Crippen molar-refractivity contribution in [2.45, 2.75) is 47.7 Å². The number of aliphatic hydroxyl groups is 2. The van der Waals surface area contributed by atoms with Crippen molar-refractivity contribution in [2.24, 2.45) is 0 Å². The summed E-state index contributed by atoms with van der Waals surface area (Å²) in [5.41, 5.74) is 4.83. The van der Waals surface area contributed by atoms with Crippen LogP contribution in [0.15, 0.2) is 137 Å². The van der Waals surface area contributed by atoms with E-state index in [1.165, 1.54) is 12.1 Å². The molecule has 0 saturated carbocycles. The van der Waals surface area contributed by atoms with E-state index >= 15 is 0 Å². The van der Waals surface area contributed by atoms with E-state index in [0.717, 1.165) is 73.3 Å². The number of carbonyl (C=O) groups excluding carboxylic acids is 1. The summed E-state index contributed by atoms with van der Waals surface area (Å²) in [5.74, 6) is 6.76. The number of nitro groups is 1. The molecule has 1 aliphatic rings. The zero-order valence-electron chi connectivity index (χ0n) is 41.3. The van der Waals surface area contributed by atoms with Gasteiger partial charge in [-0.25, -0.2) is 8.42 Å². The van der Waals surface area contributed by atoms with E-state index < -0.39 is 27.7 Å². The minimum absolute atomic E-state index is 0.138. The van der Waals surface area contributed by atoms with Gasteiger partial charge in [-0.2, -0.15) is 0 Å². The summed E-state index contributed by atoms with van der Waals surface area (Å²) >= 11 is 7.96. The maximum atomic E-state index is 14.4. The topological polar surface area (TPSA) is 186 Å². The number of aromatic nitrogens is 1. The van der Waals surface area contributed by atoms with Crippen molar-refractivity contribution in [3.05, 3.63) is 159 Å². The zero-order valence-corrected chi connectivity index (χ0v) is 43.7. The second-order valence-corrected chi connectivity index (χ2v) is 21.6. The van der Waals surface area contributed by atoms with Crippen LogP contribution in [-0.2, 0) is 16.6 Å². The number of hydrogen-bond donors (Lipinski definition) is 5. The van der Waals surface area contributed by atoms with Gasteiger partial charge in [0.1, 0.15) is 11.4 Å². The number of anilines is 2. The first-order valence-corrected chi connectivity index (χ1v) is 27.1. The normalized spacial score (nSPS) is 14.0. The minimum Gasteiger partial charge on any atom is -0.394 e. The Morgan fingerprint density at radius 3 is 2.30 bits per heavy atom. The number of aliphatic hydroxyl groups excluding tert-OH is 2. The van der Waals surface area contributed by atoms with Crippen LogP contribution in [0.1, 0.15) is 40.9 Å². The van der Waals surface area contributed by atoms with Gasteiger partial charge in [-0.3, -0.25) is 19.6 Å². The Morgan fingerprint density at radius 1 is 0.877 bits per heavy atom. The fraction of sp³-hybridized carbons (Fsp3) is 0.327. The van der Waals surface area contributed by atoms with Crippen molar-refractivity contribution < 1.29 is 28.3 Å². The van der Waals surface area contributed by atoms with E-state index in [9.17, 15) is 33.5 Å². The number of hydrogen-bond acceptors (Lipinski definition) is 12. The molecule has 0 spiro atoms. The number of sulfonamides is 1. The number of piperazine rings is 1. The molecule has 1 aliphatic heterocycles. The summed E-state index contributed by atoms with van der Waals surface area (Å²) in [5, 5.41) is 39.4. The van der Waals surface area contributed by atoms with E-state index in [0.29, 0.717) is 46.1 Å². The number of likely N-dealkylation sites (N-methyl/N-ethyl adjacent to an activating group) is 1. The molecule has 0 radical (unpaired) electrons. The molecule has 1 aromatic heterocycles. The Balaban J connectivity index is 1.09. The molecule has 73 heavy (non-hydrogen) atoms. The predicted octanol–water partition coefficient (Wildman–Crippen LogP) is 8.22. The van der Waals surface area contributed by atoms with Crippen molar-refractivity contribution in [3.63, 3.8) is 0 Å². The molecule has 1 unspecified atom stereocenters. The third-order valence-electron chi connectivity index (χ3n) is 12.5. The van der Waals surface area contributed by atoms with Crippen LogP contribution in [0.3, 0.4) is 0 Å². The van der Waals surface area contributed by atoms with Crippen molar-refractivity contribution in [1.82, 2.24) is 24.6 Å². The fourth-order valence-corrected chi connectivity index (χ4v) is 10.6. The maximum absolute atomic E-state index is 14.4. The van der Waals surface area contributed by atoms with Crippen LogP contribution in [0, 0.1) is 22.0 Å². The summed E-state index contributed by atoms with van der Waals surface area (Å²) in [4.78, 5) is 33.7. The second kappa shape index (κ2) is 26.1. The van der Waals surface area contributed by atoms with Gasteiger partial charge in [0.2, 0.25) is 0 Å². The Hall–Kier alpha value is -6.20. The Labute approximate surface area is 437 Å². The lowest BCUT2D eigenvalue weighted by molar-refractivity contribution is -0.384. The average Bonchev–Trinajstić information content (AvgIpc) is 3.78. The molecule has 2 atom stereocenters. The lowest BCUT2D eigenvalue weighted by Crippen LogP contribution is -2.45. The molecule has 15 nitrogen and oxygen atoms in total. The van der Waals surface area contributed by atoms with Gasteiger partial charge in [-0.1, -0.05) is 65.9 Å². The Bertz CT molecular complexity index is 2970. The number of thioether (sulfide) groups is 1. The molecule has 6 aromatic rings. The SMILES string of the molecule is CN(C)CCC(CSc1ccccc1)Nc1ccc(S(=O)(=O)Nc2ccc(C#Cc3cccc(-c4c(-c5ccc(Cl)cc5)cn(CC[C@H](O)CO)c4C(=O)NCCCN4CCN(C)CC4)c3)cc2)cc1[N+](=O)[O-]. The van der Waals surface area contributed by atoms with Crippen LogP contribution in [0.25, 0.3) is 22.3 Å². The van der Waals surface area contributed by atoms with Crippen LogP contribution in [0.4, 0.5) is 17.1 Å². The van der Waals surface area contributed by atoms with Gasteiger partial charge in [0.15, 0.2) is 0 Å². The van der Waals surface area contributed by atoms with E-state index in [4.69, 9.17) is 11.6 Å². The summed E-state index contributed by atoms with van der Waals surface area (Å²) in [7, 11) is 1.82. The third-order valence-corrected chi connectivity index (χ3v) is 15.3. The molecular weight excluding hydrogens is 984 g/mol. The number of nitro benzene ring substituents is 1. The molecule has 18 heteroatoms. The van der Waals surface area contributed by atoms with Gasteiger partial charge in [-0.05, 0) is 137 Å². The van der Waals surface area contributed by atoms with Gasteiger partial charge in [0.25, 0.3) is 21.6 Å². The first-order valence-electron chi connectivity index (χ1n) is 24.3. The lowest BCUT2D eigenvalue weighted by atomic mass is 9.95. The molecule has 1 fully saturated rings. The highest BCUT2D eigenvalue weighted by molar-refractivity contribution is 7.99. The number of nitrogens with zero attached hydrogens (tertiary/aromatic N) is 5. The summed E-state index contributed by atoms with van der Waals surface area (Å²) in [6.07, 6.45) is 2.65. The van der Waals surface area contributed by atoms with Crippen LogP contribution in [-0.4, -0.2) is 140 Å². The van der Waals surface area contributed by atoms with Gasteiger partial charge in [-0.15, -0.1) is 11.8 Å². The van der Waals surface area contributed by atoms with Crippen LogP contribution in [0.5, 0.6) is 0 Å². The first kappa shape index (κ1) is 54.6. The second-order valence-electron chi connectivity index (χ2n) is 18.4. The van der Waals surface area contributed by atoms with Crippen LogP contribution < -0.4 is 15.4 Å². The number of benzene rings is 5. The molecule has 384 valence electrons. The quantitative estimate of drug-likeness (QED) is 0.0136. The highest BCUT2D eigenvalue weighted by atomic mass is 35.5. The monoisotopic (exact) mass is 1050 g/mol. The lowest BCUT2D eigenvalue weighted by Gasteiger charge is -2.32. The van der Waals surface area contributed by atoms with E-state index in [2.05, 4.69) is 44.0 Å². The van der Waals surface area contributed by atoms with Gasteiger partial charge in [0, 0.05) is 101 Å². The van der Waals surface area contributed by atoms with Crippen LogP contribution in [0.2, 0.25) is 5.02 Å². The summed E-state index contributed by atoms with van der Waals surface area (Å²) in [6, 6.07) is 35.1. The van der Waals surface area contributed by atoms with E-state index in [1.54, 1.807) is 48.2 Å². The number of amides is 1. The molecule has 5 aromatic carbocycles. The highest BCUT2D eigenvalue weighted by Crippen LogP contribution is 2.38. The van der Waals surface area contributed by atoms with Crippen molar-refractivity contribution >= 4 is 56.4 Å². The average molecular weight is 1050 g/mol. The molecule has 1 saturated heterocycles. The summed E-state index contributed by atoms with van der Waals surface area (Å²) in [6.45, 7) is 5.95. The zero-order chi connectivity index (χ0) is 51.9.